The summed E-state index contributed by atoms with van der Waals surface area (Å²) >= 11 is 0. The molecule has 2 N–H and O–H groups in total. The van der Waals surface area contributed by atoms with Gasteiger partial charge in [0.2, 0.25) is 0 Å². The molecular weight excluding hydrogens is 969 g/mol. The number of hydrogen-bond donors (Lipinski definition) is 2. The lowest BCUT2D eigenvalue weighted by molar-refractivity contribution is -0.371. The van der Waals surface area contributed by atoms with E-state index in [2.05, 4.69) is 40.9 Å². The van der Waals surface area contributed by atoms with E-state index >= 15 is 0 Å². The van der Waals surface area contributed by atoms with Crippen molar-refractivity contribution >= 4 is 5.97 Å². The average Bonchev–Trinajstić information content (AvgIpc) is 4.19. The molecule has 14 aliphatic rings. The molecule has 3 spiro atoms. The number of fused-ring (bicyclic) bond motifs is 13. The van der Waals surface area contributed by atoms with Gasteiger partial charge in [0.25, 0.3) is 0 Å². The fraction of sp³-hybridized carbons (Fsp3) is 0.914. The van der Waals surface area contributed by atoms with Crippen molar-refractivity contribution in [1.29, 1.82) is 0 Å². The number of hydrogen-bond acceptors (Lipinski definition) is 17. The molecule has 14 fully saturated rings. The Labute approximate surface area is 441 Å². The average molecular weight is 1050 g/mol. The first kappa shape index (κ1) is 51.5. The van der Waals surface area contributed by atoms with Crippen molar-refractivity contribution in [3.05, 3.63) is 24.3 Å². The van der Waals surface area contributed by atoms with E-state index in [-0.39, 0.29) is 153 Å². The van der Waals surface area contributed by atoms with Gasteiger partial charge >= 0.3 is 5.97 Å². The van der Waals surface area contributed by atoms with Crippen LogP contribution >= 0.6 is 0 Å². The maximum Gasteiger partial charge on any atom is 0.308 e. The predicted molar refractivity (Wildman–Crippen MR) is 264 cm³/mol. The van der Waals surface area contributed by atoms with Gasteiger partial charge in [-0.2, -0.15) is 0 Å². The molecular formula is C58H84O17. The Kier molecular flexibility index (Phi) is 13.4. The molecule has 14 aliphatic heterocycles. The van der Waals surface area contributed by atoms with Crippen molar-refractivity contribution in [2.45, 2.75) is 301 Å². The number of aliphatic hydroxyl groups is 2. The van der Waals surface area contributed by atoms with Crippen LogP contribution in [0.2, 0.25) is 0 Å². The number of esters is 1. The number of carbonyl (C=O) groups is 1. The highest BCUT2D eigenvalue weighted by Crippen LogP contribution is 2.56. The summed E-state index contributed by atoms with van der Waals surface area (Å²) in [5, 5.41) is 20.6. The molecule has 0 saturated carbocycles. The molecule has 14 heterocycles. The van der Waals surface area contributed by atoms with Gasteiger partial charge in [0.05, 0.1) is 129 Å². The zero-order chi connectivity index (χ0) is 51.3. The minimum atomic E-state index is -0.903. The third kappa shape index (κ3) is 9.29. The molecule has 0 aromatic carbocycles. The SMILES string of the molecule is C=C1CC2CC[C@]34CCC(O3)[C@H]3C[C@@H](O4)[C@H]4O[C@H](CC[C@@H]4O3)CC(=O)O[C@@H]3[C@@H](C)[C@@H]4O[C@@H]5C[C@]6(C[C@@H]7O[C@]8(C[C@H](C)C9OC(CO)[C@H](O)CC9O8)C[C@H](C)[C@@H]7O6)O[C@@H]5C[C@@H]4O[C@H]3C[C@H]3OC(CCC1O2)C[C@@H](C)C3=C. The highest BCUT2D eigenvalue weighted by molar-refractivity contribution is 5.70. The molecule has 0 radical (unpaired) electrons. The van der Waals surface area contributed by atoms with Crippen molar-refractivity contribution in [2.24, 2.45) is 23.7 Å². The standard InChI is InChI=1S/C58H84O17/c1-27-15-33-7-9-37-28(2)16-35(62-37)11-13-56-14-12-38(70-56)41-20-46(72-56)55-39(65-41)10-8-34(64-55)17-50(61)69-54-32(6)53-44(66-43(54)19-40(63-33)31(27)5)21-42-47(67-53)24-58(71-42)25-48-52(75-58)30(4)23-57(74-48)22-29(3)51-45(73-57)18-36(60)49(26-59)68-51/h27,29-30,32-49,51-55,59-60H,2,5,7-26H2,1,3-4,6H3/t27-,29+,30+,32+,33?,34-,35?,36-,37?,38?,39+,40-,41-,42-,43+,44+,45?,46-,47-,48+,49?,51?,52+,53+,54-,55+,56+,57-,58+/m1/s1. The fourth-order valence-electron chi connectivity index (χ4n) is 17.3. The first-order chi connectivity index (χ1) is 36.1. The third-order valence-corrected chi connectivity index (χ3v) is 21.0. The lowest BCUT2D eigenvalue weighted by atomic mass is 9.78. The van der Waals surface area contributed by atoms with Crippen molar-refractivity contribution in [2.75, 3.05) is 6.61 Å². The Balaban J connectivity index is 0.694. The van der Waals surface area contributed by atoms with E-state index in [9.17, 15) is 15.0 Å². The van der Waals surface area contributed by atoms with Gasteiger partial charge in [0.1, 0.15) is 18.3 Å². The van der Waals surface area contributed by atoms with Crippen LogP contribution in [0.15, 0.2) is 24.3 Å². The summed E-state index contributed by atoms with van der Waals surface area (Å²) in [6, 6.07) is 0. The first-order valence-electron chi connectivity index (χ1n) is 29.6. The summed E-state index contributed by atoms with van der Waals surface area (Å²) in [5.74, 6) is -2.53. The molecule has 0 aliphatic carbocycles. The van der Waals surface area contributed by atoms with Gasteiger partial charge in [-0.25, -0.2) is 0 Å². The number of carbonyl (C=O) groups excluding carboxylic acids is 1. The lowest BCUT2D eigenvalue weighted by Gasteiger charge is -2.54. The van der Waals surface area contributed by atoms with Crippen LogP contribution in [-0.4, -0.2) is 174 Å². The van der Waals surface area contributed by atoms with Gasteiger partial charge in [0, 0.05) is 70.1 Å². The Bertz CT molecular complexity index is 2180. The van der Waals surface area contributed by atoms with E-state index in [1.165, 1.54) is 0 Å². The highest BCUT2D eigenvalue weighted by atomic mass is 16.8. The fourth-order valence-corrected chi connectivity index (χ4v) is 17.3. The summed E-state index contributed by atoms with van der Waals surface area (Å²) in [7, 11) is 0. The molecule has 75 heavy (non-hydrogen) atoms. The minimum absolute atomic E-state index is 0.000187. The second-order valence-corrected chi connectivity index (χ2v) is 26.3. The Morgan fingerprint density at radius 1 is 0.493 bits per heavy atom. The quantitative estimate of drug-likeness (QED) is 0.224. The van der Waals surface area contributed by atoms with Crippen LogP contribution in [0, 0.1) is 23.7 Å². The smallest absolute Gasteiger partial charge is 0.308 e. The highest BCUT2D eigenvalue weighted by Gasteiger charge is 2.65. The maximum atomic E-state index is 14.5. The summed E-state index contributed by atoms with van der Waals surface area (Å²) in [4.78, 5) is 14.5. The molecule has 7 unspecified atom stereocenters. The molecule has 0 aromatic heterocycles. The van der Waals surface area contributed by atoms with E-state index in [0.717, 1.165) is 68.9 Å². The molecule has 0 aromatic rings. The van der Waals surface area contributed by atoms with Gasteiger partial charge in [-0.05, 0) is 80.3 Å². The molecule has 17 nitrogen and oxygen atoms in total. The van der Waals surface area contributed by atoms with Crippen LogP contribution < -0.4 is 0 Å². The van der Waals surface area contributed by atoms with E-state index in [1.807, 2.05) is 0 Å². The normalized spacial score (nSPS) is 57.5. The van der Waals surface area contributed by atoms with Gasteiger partial charge in [-0.3, -0.25) is 4.79 Å². The van der Waals surface area contributed by atoms with E-state index in [4.69, 9.17) is 66.3 Å². The minimum Gasteiger partial charge on any atom is -0.459 e. The van der Waals surface area contributed by atoms with Gasteiger partial charge in [-0.1, -0.05) is 40.9 Å². The second kappa shape index (κ2) is 19.5. The van der Waals surface area contributed by atoms with E-state index in [0.29, 0.717) is 57.8 Å². The zero-order valence-corrected chi connectivity index (χ0v) is 44.6. The van der Waals surface area contributed by atoms with E-state index < -0.39 is 41.8 Å². The monoisotopic (exact) mass is 1050 g/mol. The molecule has 17 heteroatoms. The predicted octanol–water partition coefficient (Wildman–Crippen LogP) is 6.19. The summed E-state index contributed by atoms with van der Waals surface area (Å²) < 4.78 is 96.3. The third-order valence-electron chi connectivity index (χ3n) is 21.0. The zero-order valence-electron chi connectivity index (χ0n) is 44.6. The van der Waals surface area contributed by atoms with Crippen molar-refractivity contribution in [3.63, 3.8) is 0 Å². The van der Waals surface area contributed by atoms with Crippen molar-refractivity contribution < 1.29 is 81.3 Å². The number of rotatable bonds is 1. The molecule has 418 valence electrons. The van der Waals surface area contributed by atoms with Crippen LogP contribution in [0.5, 0.6) is 0 Å². The van der Waals surface area contributed by atoms with Crippen LogP contribution in [0.1, 0.15) is 150 Å². The lowest BCUT2D eigenvalue weighted by Crippen LogP contribution is -2.62. The summed E-state index contributed by atoms with van der Waals surface area (Å²) in [6.45, 7) is 17.6. The van der Waals surface area contributed by atoms with Crippen LogP contribution in [0.3, 0.4) is 0 Å². The largest absolute Gasteiger partial charge is 0.459 e. The van der Waals surface area contributed by atoms with Crippen LogP contribution in [0.4, 0.5) is 0 Å². The molecule has 10 bridgehead atoms. The molecule has 0 amide bonds. The Morgan fingerprint density at radius 3 is 2.01 bits per heavy atom. The van der Waals surface area contributed by atoms with Gasteiger partial charge in [0.15, 0.2) is 17.4 Å². The summed E-state index contributed by atoms with van der Waals surface area (Å²) in [5.41, 5.74) is 2.19. The van der Waals surface area contributed by atoms with Crippen molar-refractivity contribution in [1.82, 2.24) is 0 Å². The molecule has 29 atom stereocenters. The molecule has 14 saturated heterocycles. The topological polar surface area (TPSA) is 187 Å². The first-order valence-corrected chi connectivity index (χ1v) is 29.6. The number of aliphatic hydroxyl groups excluding tert-OH is 2. The second-order valence-electron chi connectivity index (χ2n) is 26.3. The van der Waals surface area contributed by atoms with Crippen molar-refractivity contribution in [3.8, 4) is 0 Å². The van der Waals surface area contributed by atoms with Gasteiger partial charge in [-0.15, -0.1) is 0 Å². The van der Waals surface area contributed by atoms with Crippen LogP contribution in [-0.2, 0) is 71.1 Å². The van der Waals surface area contributed by atoms with E-state index in [1.54, 1.807) is 0 Å². The Hall–Kier alpha value is -1.65. The maximum absolute atomic E-state index is 14.5. The van der Waals surface area contributed by atoms with Crippen LogP contribution in [0.25, 0.3) is 0 Å². The summed E-state index contributed by atoms with van der Waals surface area (Å²) in [6.07, 6.45) is 6.71. The number of ether oxygens (including phenoxy) is 14. The Morgan fingerprint density at radius 2 is 1.16 bits per heavy atom. The van der Waals surface area contributed by atoms with Gasteiger partial charge < -0.3 is 76.5 Å². The molecule has 14 rings (SSSR count).